The van der Waals surface area contributed by atoms with E-state index in [-0.39, 0.29) is 6.10 Å². The van der Waals surface area contributed by atoms with Gasteiger partial charge >= 0.3 is 0 Å². The van der Waals surface area contributed by atoms with Crippen LogP contribution in [0, 0.1) is 0 Å². The van der Waals surface area contributed by atoms with Gasteiger partial charge in [0.15, 0.2) is 0 Å². The molecule has 2 unspecified atom stereocenters. The Balaban J connectivity index is 2.79. The van der Waals surface area contributed by atoms with E-state index in [0.29, 0.717) is 6.42 Å². The monoisotopic (exact) mass is 316 g/mol. The Kier molecular flexibility index (Phi) is 6.68. The first kappa shape index (κ1) is 15.5. The summed E-state index contributed by atoms with van der Waals surface area (Å²) in [5.41, 5.74) is 0.984. The lowest BCUT2D eigenvalue weighted by Crippen LogP contribution is -2.30. The Bertz CT molecular complexity index is 368. The van der Waals surface area contributed by atoms with E-state index in [1.165, 1.54) is 0 Å². The summed E-state index contributed by atoms with van der Waals surface area (Å²) in [5.74, 6) is 0.795. The van der Waals surface area contributed by atoms with Crippen molar-refractivity contribution in [3.8, 4) is 5.75 Å². The summed E-state index contributed by atoms with van der Waals surface area (Å²) in [6, 6.07) is 5.79. The summed E-state index contributed by atoms with van der Waals surface area (Å²) in [7, 11) is 3.28. The van der Waals surface area contributed by atoms with Crippen LogP contribution in [0.5, 0.6) is 5.75 Å². The van der Waals surface area contributed by atoms with Gasteiger partial charge in [-0.2, -0.15) is 0 Å². The maximum Gasteiger partial charge on any atom is 0.122 e. The van der Waals surface area contributed by atoms with E-state index in [9.17, 15) is 5.11 Å². The van der Waals surface area contributed by atoms with Gasteiger partial charge in [0.1, 0.15) is 5.75 Å². The molecule has 0 aromatic heterocycles. The molecule has 0 bridgehead atoms. The molecule has 0 radical (unpaired) electrons. The molecule has 0 saturated carbocycles. The van der Waals surface area contributed by atoms with Gasteiger partial charge in [-0.3, -0.25) is 0 Å². The number of aliphatic hydroxyl groups excluding tert-OH is 1. The minimum absolute atomic E-state index is 0.126. The predicted octanol–water partition coefficient (Wildman–Crippen LogP) is 3.18. The van der Waals surface area contributed by atoms with Gasteiger partial charge in [0.2, 0.25) is 0 Å². The fourth-order valence-corrected chi connectivity index (χ4v) is 2.42. The fourth-order valence-electron chi connectivity index (χ4n) is 2.02. The molecule has 0 spiro atoms. The van der Waals surface area contributed by atoms with Gasteiger partial charge in [-0.05, 0) is 30.2 Å². The van der Waals surface area contributed by atoms with E-state index in [2.05, 4.69) is 22.9 Å². The standard InChI is InChI=1S/C14H21BrO3/c1-4-5-14(18-3)12(16)9-10-8-11(15)6-7-13(10)17-2/h6-8,12,14,16H,4-5,9H2,1-3H3. The highest BCUT2D eigenvalue weighted by atomic mass is 79.9. The van der Waals surface area contributed by atoms with Crippen LogP contribution in [0.3, 0.4) is 0 Å². The molecular weight excluding hydrogens is 296 g/mol. The van der Waals surface area contributed by atoms with Crippen molar-refractivity contribution in [3.63, 3.8) is 0 Å². The highest BCUT2D eigenvalue weighted by molar-refractivity contribution is 9.10. The molecule has 0 fully saturated rings. The Hall–Kier alpha value is -0.580. The largest absolute Gasteiger partial charge is 0.496 e. The molecule has 2 atom stereocenters. The van der Waals surface area contributed by atoms with Gasteiger partial charge in [0.05, 0.1) is 19.3 Å². The Morgan fingerprint density at radius 2 is 2.06 bits per heavy atom. The number of halogens is 1. The molecule has 1 aromatic rings. The highest BCUT2D eigenvalue weighted by Crippen LogP contribution is 2.25. The normalized spacial score (nSPS) is 14.3. The van der Waals surface area contributed by atoms with E-state index in [1.807, 2.05) is 18.2 Å². The van der Waals surface area contributed by atoms with Crippen molar-refractivity contribution in [2.75, 3.05) is 14.2 Å². The molecule has 3 nitrogen and oxygen atoms in total. The van der Waals surface area contributed by atoms with Crippen molar-refractivity contribution in [1.82, 2.24) is 0 Å². The van der Waals surface area contributed by atoms with Crippen molar-refractivity contribution >= 4 is 15.9 Å². The predicted molar refractivity (Wildman–Crippen MR) is 76.1 cm³/mol. The van der Waals surface area contributed by atoms with Crippen LogP contribution in [0.15, 0.2) is 22.7 Å². The number of rotatable bonds is 7. The van der Waals surface area contributed by atoms with Crippen LogP contribution in [-0.2, 0) is 11.2 Å². The summed E-state index contributed by atoms with van der Waals surface area (Å²) in [5, 5.41) is 10.2. The summed E-state index contributed by atoms with van der Waals surface area (Å²) in [6.45, 7) is 2.08. The summed E-state index contributed by atoms with van der Waals surface area (Å²) < 4.78 is 11.6. The van der Waals surface area contributed by atoms with Crippen LogP contribution < -0.4 is 4.74 Å². The highest BCUT2D eigenvalue weighted by Gasteiger charge is 2.19. The smallest absolute Gasteiger partial charge is 0.122 e. The van der Waals surface area contributed by atoms with Crippen LogP contribution in [0.25, 0.3) is 0 Å². The topological polar surface area (TPSA) is 38.7 Å². The Morgan fingerprint density at radius 1 is 1.33 bits per heavy atom. The molecule has 0 heterocycles. The molecule has 0 aliphatic rings. The second-order valence-corrected chi connectivity index (χ2v) is 5.21. The second kappa shape index (κ2) is 7.77. The van der Waals surface area contributed by atoms with Crippen LogP contribution in [0.1, 0.15) is 25.3 Å². The zero-order chi connectivity index (χ0) is 13.5. The fraction of sp³-hybridized carbons (Fsp3) is 0.571. The van der Waals surface area contributed by atoms with Crippen molar-refractivity contribution in [2.24, 2.45) is 0 Å². The maximum absolute atomic E-state index is 10.2. The summed E-state index contributed by atoms with van der Waals surface area (Å²) in [4.78, 5) is 0. The van der Waals surface area contributed by atoms with Crippen LogP contribution >= 0.6 is 15.9 Å². The van der Waals surface area contributed by atoms with E-state index >= 15 is 0 Å². The van der Waals surface area contributed by atoms with Crippen molar-refractivity contribution < 1.29 is 14.6 Å². The summed E-state index contributed by atoms with van der Waals surface area (Å²) in [6.07, 6.45) is 1.73. The van der Waals surface area contributed by atoms with Gasteiger partial charge in [-0.25, -0.2) is 0 Å². The van der Waals surface area contributed by atoms with E-state index in [4.69, 9.17) is 9.47 Å². The first-order chi connectivity index (χ1) is 8.62. The average Bonchev–Trinajstić information content (AvgIpc) is 2.36. The number of methoxy groups -OCH3 is 2. The van der Waals surface area contributed by atoms with Crippen molar-refractivity contribution in [2.45, 2.75) is 38.4 Å². The van der Waals surface area contributed by atoms with Gasteiger partial charge in [0, 0.05) is 18.0 Å². The van der Waals surface area contributed by atoms with E-state index < -0.39 is 6.10 Å². The zero-order valence-electron chi connectivity index (χ0n) is 11.1. The van der Waals surface area contributed by atoms with Crippen molar-refractivity contribution in [3.05, 3.63) is 28.2 Å². The molecule has 1 aromatic carbocycles. The molecule has 0 saturated heterocycles. The third-order valence-electron chi connectivity index (χ3n) is 2.98. The molecule has 102 valence electrons. The second-order valence-electron chi connectivity index (χ2n) is 4.29. The van der Waals surface area contributed by atoms with Gasteiger partial charge < -0.3 is 14.6 Å². The number of benzene rings is 1. The minimum Gasteiger partial charge on any atom is -0.496 e. The third kappa shape index (κ3) is 4.26. The number of hydrogen-bond donors (Lipinski definition) is 1. The van der Waals surface area contributed by atoms with E-state index in [1.54, 1.807) is 14.2 Å². The lowest BCUT2D eigenvalue weighted by atomic mass is 10.0. The molecule has 0 aliphatic carbocycles. The number of aliphatic hydroxyl groups is 1. The van der Waals surface area contributed by atoms with Crippen LogP contribution in [0.4, 0.5) is 0 Å². The quantitative estimate of drug-likeness (QED) is 0.839. The molecule has 18 heavy (non-hydrogen) atoms. The van der Waals surface area contributed by atoms with Gasteiger partial charge in [-0.15, -0.1) is 0 Å². The Morgan fingerprint density at radius 3 is 2.61 bits per heavy atom. The molecule has 4 heteroatoms. The van der Waals surface area contributed by atoms with Crippen molar-refractivity contribution in [1.29, 1.82) is 0 Å². The minimum atomic E-state index is -0.516. The van der Waals surface area contributed by atoms with Gasteiger partial charge in [-0.1, -0.05) is 29.3 Å². The SMILES string of the molecule is CCCC(OC)C(O)Cc1cc(Br)ccc1OC. The molecular formula is C14H21BrO3. The lowest BCUT2D eigenvalue weighted by molar-refractivity contribution is -0.0161. The van der Waals surface area contributed by atoms with E-state index in [0.717, 1.165) is 28.6 Å². The first-order valence-corrected chi connectivity index (χ1v) is 6.95. The third-order valence-corrected chi connectivity index (χ3v) is 3.47. The Labute approximate surface area is 117 Å². The molecule has 0 amide bonds. The number of hydrogen-bond acceptors (Lipinski definition) is 3. The summed E-state index contributed by atoms with van der Waals surface area (Å²) >= 11 is 3.43. The molecule has 0 aliphatic heterocycles. The molecule has 1 N–H and O–H groups in total. The zero-order valence-corrected chi connectivity index (χ0v) is 12.7. The van der Waals surface area contributed by atoms with Gasteiger partial charge in [0.25, 0.3) is 0 Å². The molecule has 1 rings (SSSR count). The van der Waals surface area contributed by atoms with Crippen LogP contribution in [-0.4, -0.2) is 31.5 Å². The van der Waals surface area contributed by atoms with Crippen LogP contribution in [0.2, 0.25) is 0 Å². The first-order valence-electron chi connectivity index (χ1n) is 6.15. The lowest BCUT2D eigenvalue weighted by Gasteiger charge is -2.22. The average molecular weight is 317 g/mol. The maximum atomic E-state index is 10.2. The number of ether oxygens (including phenoxy) is 2.